The Kier molecular flexibility index (Phi) is 6.12. The second-order valence-corrected chi connectivity index (χ2v) is 4.55. The maximum atomic E-state index is 12.0. The third-order valence-corrected chi connectivity index (χ3v) is 2.89. The molecular weight excluding hydrogens is 240 g/mol. The van der Waals surface area contributed by atoms with Crippen molar-refractivity contribution >= 4 is 17.5 Å². The van der Waals surface area contributed by atoms with Crippen molar-refractivity contribution in [1.29, 1.82) is 0 Å². The number of hydrogen-bond acceptors (Lipinski definition) is 4. The van der Waals surface area contributed by atoms with Gasteiger partial charge in [-0.2, -0.15) is 0 Å². The predicted molar refractivity (Wildman–Crippen MR) is 79.4 cm³/mol. The van der Waals surface area contributed by atoms with E-state index in [0.717, 1.165) is 18.8 Å². The lowest BCUT2D eigenvalue weighted by molar-refractivity contribution is -0.130. The number of anilines is 2. The molecule has 1 aromatic heterocycles. The van der Waals surface area contributed by atoms with Crippen LogP contribution in [-0.4, -0.2) is 42.0 Å². The summed E-state index contributed by atoms with van der Waals surface area (Å²) in [5, 5.41) is 6.36. The maximum Gasteiger partial charge on any atom is 0.244 e. The summed E-state index contributed by atoms with van der Waals surface area (Å²) >= 11 is 0. The normalized spacial score (nSPS) is 11.8. The van der Waals surface area contributed by atoms with E-state index in [4.69, 9.17) is 0 Å². The van der Waals surface area contributed by atoms with Gasteiger partial charge in [-0.1, -0.05) is 13.0 Å². The van der Waals surface area contributed by atoms with Gasteiger partial charge in [-0.15, -0.1) is 0 Å². The molecular formula is C14H24N4O. The molecule has 0 aromatic carbocycles. The predicted octanol–water partition coefficient (Wildman–Crippen LogP) is 2.18. The third-order valence-electron chi connectivity index (χ3n) is 2.89. The lowest BCUT2D eigenvalue weighted by Crippen LogP contribution is -2.39. The van der Waals surface area contributed by atoms with Crippen LogP contribution in [0.2, 0.25) is 0 Å². The van der Waals surface area contributed by atoms with Gasteiger partial charge in [0, 0.05) is 20.1 Å². The van der Waals surface area contributed by atoms with Crippen LogP contribution in [-0.2, 0) is 4.79 Å². The molecule has 106 valence electrons. The van der Waals surface area contributed by atoms with E-state index in [1.54, 1.807) is 11.9 Å². The first-order valence-corrected chi connectivity index (χ1v) is 6.80. The quantitative estimate of drug-likeness (QED) is 0.792. The van der Waals surface area contributed by atoms with Gasteiger partial charge >= 0.3 is 0 Å². The summed E-state index contributed by atoms with van der Waals surface area (Å²) in [7, 11) is 1.80. The van der Waals surface area contributed by atoms with Crippen LogP contribution in [0.3, 0.4) is 0 Å². The molecule has 0 aliphatic heterocycles. The van der Waals surface area contributed by atoms with Crippen LogP contribution in [0, 0.1) is 0 Å². The summed E-state index contributed by atoms with van der Waals surface area (Å²) in [5.41, 5.74) is 0. The van der Waals surface area contributed by atoms with Crippen molar-refractivity contribution in [2.75, 3.05) is 30.8 Å². The minimum Gasteiger partial charge on any atom is -0.370 e. The van der Waals surface area contributed by atoms with Gasteiger partial charge < -0.3 is 15.5 Å². The van der Waals surface area contributed by atoms with Crippen LogP contribution in [0.15, 0.2) is 18.2 Å². The zero-order chi connectivity index (χ0) is 14.3. The number of nitrogens with zero attached hydrogens (tertiary/aromatic N) is 2. The lowest BCUT2D eigenvalue weighted by atomic mass is 10.3. The molecule has 0 fully saturated rings. The Labute approximate surface area is 115 Å². The molecule has 0 radical (unpaired) electrons. The van der Waals surface area contributed by atoms with E-state index in [0.29, 0.717) is 12.4 Å². The van der Waals surface area contributed by atoms with Crippen LogP contribution >= 0.6 is 0 Å². The zero-order valence-corrected chi connectivity index (χ0v) is 12.2. The maximum absolute atomic E-state index is 12.0. The molecule has 0 spiro atoms. The average Bonchev–Trinajstić information content (AvgIpc) is 2.43. The van der Waals surface area contributed by atoms with Crippen molar-refractivity contribution in [1.82, 2.24) is 9.88 Å². The number of nitrogens with one attached hydrogen (secondary N) is 2. The summed E-state index contributed by atoms with van der Waals surface area (Å²) in [5.74, 6) is 1.61. The molecule has 0 saturated carbocycles. The van der Waals surface area contributed by atoms with Crippen LogP contribution in [0.1, 0.15) is 27.2 Å². The van der Waals surface area contributed by atoms with Crippen molar-refractivity contribution in [3.8, 4) is 0 Å². The molecule has 5 heteroatoms. The molecule has 1 atom stereocenters. The molecule has 1 unspecified atom stereocenters. The lowest BCUT2D eigenvalue weighted by Gasteiger charge is -2.21. The number of hydrogen-bond donors (Lipinski definition) is 2. The van der Waals surface area contributed by atoms with Crippen LogP contribution < -0.4 is 10.6 Å². The van der Waals surface area contributed by atoms with E-state index in [9.17, 15) is 4.79 Å². The second kappa shape index (κ2) is 7.61. The Morgan fingerprint density at radius 2 is 2.05 bits per heavy atom. The van der Waals surface area contributed by atoms with E-state index in [2.05, 4.69) is 22.5 Å². The minimum atomic E-state index is -0.279. The summed E-state index contributed by atoms with van der Waals surface area (Å²) in [4.78, 5) is 18.1. The molecule has 1 amide bonds. The van der Waals surface area contributed by atoms with E-state index in [1.165, 1.54) is 0 Å². The molecule has 1 rings (SSSR count). The van der Waals surface area contributed by atoms with Gasteiger partial charge in [0.05, 0.1) is 0 Å². The van der Waals surface area contributed by atoms with Crippen molar-refractivity contribution in [2.45, 2.75) is 33.2 Å². The number of aromatic nitrogens is 1. The molecule has 2 N–H and O–H groups in total. The van der Waals surface area contributed by atoms with Gasteiger partial charge in [-0.25, -0.2) is 4.98 Å². The van der Waals surface area contributed by atoms with E-state index in [-0.39, 0.29) is 11.9 Å². The van der Waals surface area contributed by atoms with Crippen LogP contribution in [0.25, 0.3) is 0 Å². The Balaban J connectivity index is 2.63. The monoisotopic (exact) mass is 264 g/mol. The fourth-order valence-corrected chi connectivity index (χ4v) is 1.64. The third kappa shape index (κ3) is 4.77. The fourth-order valence-electron chi connectivity index (χ4n) is 1.64. The number of pyridine rings is 1. The highest BCUT2D eigenvalue weighted by Crippen LogP contribution is 2.11. The summed E-state index contributed by atoms with van der Waals surface area (Å²) in [6, 6.07) is 5.44. The van der Waals surface area contributed by atoms with Gasteiger partial charge in [-0.3, -0.25) is 4.79 Å². The SMILES string of the molecule is CCCNc1cccc(NC(C)C(=O)N(C)CC)n1. The summed E-state index contributed by atoms with van der Waals surface area (Å²) in [6.45, 7) is 7.51. The first-order valence-electron chi connectivity index (χ1n) is 6.80. The van der Waals surface area contributed by atoms with Crippen molar-refractivity contribution in [3.05, 3.63) is 18.2 Å². The highest BCUT2D eigenvalue weighted by molar-refractivity contribution is 5.83. The smallest absolute Gasteiger partial charge is 0.244 e. The molecule has 1 heterocycles. The molecule has 0 aliphatic carbocycles. The van der Waals surface area contributed by atoms with Gasteiger partial charge in [-0.05, 0) is 32.4 Å². The van der Waals surface area contributed by atoms with Crippen LogP contribution in [0.4, 0.5) is 11.6 Å². The number of carbonyl (C=O) groups is 1. The first kappa shape index (κ1) is 15.3. The second-order valence-electron chi connectivity index (χ2n) is 4.55. The van der Waals surface area contributed by atoms with Gasteiger partial charge in [0.2, 0.25) is 5.91 Å². The number of likely N-dealkylation sites (N-methyl/N-ethyl adjacent to an activating group) is 1. The van der Waals surface area contributed by atoms with E-state index in [1.807, 2.05) is 32.0 Å². The average molecular weight is 264 g/mol. The Hall–Kier alpha value is -1.78. The van der Waals surface area contributed by atoms with Crippen LogP contribution in [0.5, 0.6) is 0 Å². The Morgan fingerprint density at radius 1 is 1.37 bits per heavy atom. The van der Waals surface area contributed by atoms with Gasteiger partial charge in [0.1, 0.15) is 17.7 Å². The van der Waals surface area contributed by atoms with Gasteiger partial charge in [0.15, 0.2) is 0 Å². The van der Waals surface area contributed by atoms with Gasteiger partial charge in [0.25, 0.3) is 0 Å². The number of carbonyl (C=O) groups excluding carboxylic acids is 1. The molecule has 1 aromatic rings. The largest absolute Gasteiger partial charge is 0.370 e. The fraction of sp³-hybridized carbons (Fsp3) is 0.571. The molecule has 0 bridgehead atoms. The summed E-state index contributed by atoms with van der Waals surface area (Å²) < 4.78 is 0. The molecule has 5 nitrogen and oxygen atoms in total. The topological polar surface area (TPSA) is 57.3 Å². The van der Waals surface area contributed by atoms with E-state index < -0.39 is 0 Å². The molecule has 19 heavy (non-hydrogen) atoms. The Bertz CT molecular complexity index is 408. The van der Waals surface area contributed by atoms with E-state index >= 15 is 0 Å². The zero-order valence-electron chi connectivity index (χ0n) is 12.2. The summed E-state index contributed by atoms with van der Waals surface area (Å²) in [6.07, 6.45) is 1.05. The highest BCUT2D eigenvalue weighted by Gasteiger charge is 2.16. The number of amides is 1. The van der Waals surface area contributed by atoms with Crippen molar-refractivity contribution in [2.24, 2.45) is 0 Å². The minimum absolute atomic E-state index is 0.0659. The molecule has 0 saturated heterocycles. The standard InChI is InChI=1S/C14H24N4O/c1-5-10-15-12-8-7-9-13(17-12)16-11(3)14(19)18(4)6-2/h7-9,11H,5-6,10H2,1-4H3,(H2,15,16,17). The highest BCUT2D eigenvalue weighted by atomic mass is 16.2. The first-order chi connectivity index (χ1) is 9.08. The Morgan fingerprint density at radius 3 is 2.68 bits per heavy atom. The molecule has 0 aliphatic rings. The van der Waals surface area contributed by atoms with Crippen molar-refractivity contribution in [3.63, 3.8) is 0 Å². The van der Waals surface area contributed by atoms with Crippen molar-refractivity contribution < 1.29 is 4.79 Å². The number of rotatable bonds is 7.